The lowest BCUT2D eigenvalue weighted by Crippen LogP contribution is -2.43. The maximum Gasteiger partial charge on any atom is 0.241 e. The molecular weight excluding hydrogens is 326 g/mol. The quantitative estimate of drug-likeness (QED) is 0.655. The fourth-order valence-corrected chi connectivity index (χ4v) is 4.45. The molecule has 22 heavy (non-hydrogen) atoms. The van der Waals surface area contributed by atoms with Crippen LogP contribution in [0.25, 0.3) is 0 Å². The van der Waals surface area contributed by atoms with Crippen LogP contribution >= 0.6 is 11.6 Å². The highest BCUT2D eigenvalue weighted by Crippen LogP contribution is 2.40. The van der Waals surface area contributed by atoms with E-state index in [4.69, 9.17) is 17.3 Å². The van der Waals surface area contributed by atoms with E-state index in [9.17, 15) is 13.2 Å². The van der Waals surface area contributed by atoms with Crippen LogP contribution in [0.5, 0.6) is 0 Å². The topological polar surface area (TPSA) is 101 Å². The molecule has 122 valence electrons. The molecule has 6 nitrogen and oxygen atoms in total. The molecule has 1 aromatic rings. The Labute approximate surface area is 135 Å². The van der Waals surface area contributed by atoms with Gasteiger partial charge in [0.2, 0.25) is 15.9 Å². The van der Waals surface area contributed by atoms with Gasteiger partial charge in [-0.15, -0.1) is 0 Å². The summed E-state index contributed by atoms with van der Waals surface area (Å²) >= 11 is 5.95. The van der Waals surface area contributed by atoms with Gasteiger partial charge in [-0.2, -0.15) is 0 Å². The van der Waals surface area contributed by atoms with E-state index in [-0.39, 0.29) is 0 Å². The lowest BCUT2D eigenvalue weighted by Gasteiger charge is -2.18. The zero-order valence-electron chi connectivity index (χ0n) is 12.3. The number of benzene rings is 1. The molecule has 2 rings (SSSR count). The molecule has 8 heteroatoms. The molecule has 0 saturated heterocycles. The molecule has 1 aliphatic heterocycles. The first kappa shape index (κ1) is 17.1. The van der Waals surface area contributed by atoms with Crippen LogP contribution in [0.1, 0.15) is 37.0 Å². The van der Waals surface area contributed by atoms with Gasteiger partial charge >= 0.3 is 0 Å². The number of hydrogen-bond donors (Lipinski definition) is 3. The molecule has 1 aromatic carbocycles. The zero-order valence-corrected chi connectivity index (χ0v) is 13.9. The van der Waals surface area contributed by atoms with Gasteiger partial charge in [-0.1, -0.05) is 31.4 Å². The first-order valence-electron chi connectivity index (χ1n) is 7.20. The minimum absolute atomic E-state index is 0.341. The van der Waals surface area contributed by atoms with Crippen molar-refractivity contribution in [3.8, 4) is 0 Å². The summed E-state index contributed by atoms with van der Waals surface area (Å²) in [5.41, 5.74) is 6.39. The number of fused-ring (bicyclic) bond motifs is 1. The fourth-order valence-electron chi connectivity index (χ4n) is 2.57. The fraction of sp³-hybridized carbons (Fsp3) is 0.500. The van der Waals surface area contributed by atoms with Gasteiger partial charge in [0, 0.05) is 17.3 Å². The van der Waals surface area contributed by atoms with Crippen molar-refractivity contribution in [3.63, 3.8) is 0 Å². The van der Waals surface area contributed by atoms with Gasteiger partial charge in [0.05, 0.1) is 0 Å². The van der Waals surface area contributed by atoms with Crippen molar-refractivity contribution in [3.05, 3.63) is 28.8 Å². The van der Waals surface area contributed by atoms with Crippen LogP contribution in [0.3, 0.4) is 0 Å². The molecule has 4 N–H and O–H groups in total. The number of carbonyl (C=O) groups excluding carboxylic acids is 1. The summed E-state index contributed by atoms with van der Waals surface area (Å²) in [6.45, 7) is 2.38. The Morgan fingerprint density at radius 3 is 2.77 bits per heavy atom. The number of sulfonamides is 1. The molecule has 0 spiro atoms. The average Bonchev–Trinajstić information content (AvgIpc) is 2.83. The molecule has 0 fully saturated rings. The highest BCUT2D eigenvalue weighted by Gasteiger charge is 2.44. The largest absolute Gasteiger partial charge is 0.372 e. The van der Waals surface area contributed by atoms with Crippen molar-refractivity contribution in [1.82, 2.24) is 4.72 Å². The Kier molecular flexibility index (Phi) is 5.31. The summed E-state index contributed by atoms with van der Waals surface area (Å²) in [6, 6.07) is 3.84. The maximum absolute atomic E-state index is 12.6. The Balaban J connectivity index is 2.29. The first-order valence-corrected chi connectivity index (χ1v) is 9.13. The smallest absolute Gasteiger partial charge is 0.241 e. The van der Waals surface area contributed by atoms with Crippen molar-refractivity contribution in [2.75, 3.05) is 11.9 Å². The number of amides is 1. The van der Waals surface area contributed by atoms with E-state index in [1.165, 1.54) is 0 Å². The average molecular weight is 346 g/mol. The second-order valence-electron chi connectivity index (χ2n) is 5.32. The Bertz CT molecular complexity index is 663. The lowest BCUT2D eigenvalue weighted by molar-refractivity contribution is -0.118. The van der Waals surface area contributed by atoms with Crippen molar-refractivity contribution in [2.45, 2.75) is 37.5 Å². The number of carbonyl (C=O) groups is 1. The third-order valence-electron chi connectivity index (χ3n) is 3.66. The van der Waals surface area contributed by atoms with Gasteiger partial charge < -0.3 is 11.1 Å². The van der Waals surface area contributed by atoms with E-state index in [1.54, 1.807) is 18.2 Å². The molecule has 0 aromatic heterocycles. The summed E-state index contributed by atoms with van der Waals surface area (Å²) in [5.74, 6) is -0.712. The second kappa shape index (κ2) is 6.85. The second-order valence-corrected chi connectivity index (χ2v) is 7.65. The highest BCUT2D eigenvalue weighted by atomic mass is 35.5. The van der Waals surface area contributed by atoms with Crippen molar-refractivity contribution < 1.29 is 13.2 Å². The van der Waals surface area contributed by atoms with Crippen LogP contribution in [0.15, 0.2) is 18.2 Å². The molecule has 0 radical (unpaired) electrons. The summed E-state index contributed by atoms with van der Waals surface area (Å²) in [5, 5.41) is 2.21. The number of rotatable bonds is 7. The Morgan fingerprint density at radius 1 is 1.41 bits per heavy atom. The first-order chi connectivity index (χ1) is 10.4. The third kappa shape index (κ3) is 3.53. The van der Waals surface area contributed by atoms with E-state index in [1.807, 2.05) is 6.92 Å². The van der Waals surface area contributed by atoms with E-state index in [2.05, 4.69) is 10.0 Å². The van der Waals surface area contributed by atoms with Crippen LogP contribution in [0.4, 0.5) is 5.69 Å². The highest BCUT2D eigenvalue weighted by molar-refractivity contribution is 7.89. The van der Waals surface area contributed by atoms with Gasteiger partial charge in [-0.25, -0.2) is 13.1 Å². The molecule has 2 unspecified atom stereocenters. The summed E-state index contributed by atoms with van der Waals surface area (Å²) in [7, 11) is -3.74. The standard InChI is InChI=1S/C14H20ClN3O3S/c1-2-3-4-7-17-22(20,21)13-10-8-9(15)5-6-11(10)18-12(13)14(16)19/h5-6,8,12-13,17-18H,2-4,7H2,1H3,(H2,16,19). The monoisotopic (exact) mass is 345 g/mol. The number of nitrogens with two attached hydrogens (primary N) is 1. The molecule has 0 saturated carbocycles. The normalized spacial score (nSPS) is 20.5. The van der Waals surface area contributed by atoms with E-state index >= 15 is 0 Å². The van der Waals surface area contributed by atoms with Crippen molar-refractivity contribution in [1.29, 1.82) is 0 Å². The minimum atomic E-state index is -3.74. The number of hydrogen-bond acceptors (Lipinski definition) is 4. The van der Waals surface area contributed by atoms with Crippen molar-refractivity contribution in [2.24, 2.45) is 5.73 Å². The third-order valence-corrected chi connectivity index (χ3v) is 5.69. The van der Waals surface area contributed by atoms with Gasteiger partial charge in [-0.05, 0) is 30.2 Å². The number of primary amides is 1. The lowest BCUT2D eigenvalue weighted by atomic mass is 10.1. The van der Waals surface area contributed by atoms with E-state index in [0.717, 1.165) is 19.3 Å². The SMILES string of the molecule is CCCCCNS(=O)(=O)C1c2cc(Cl)ccc2NC1C(N)=O. The summed E-state index contributed by atoms with van der Waals surface area (Å²) in [6.07, 6.45) is 2.68. The molecule has 0 bridgehead atoms. The molecule has 2 atom stereocenters. The maximum atomic E-state index is 12.6. The van der Waals surface area contributed by atoms with E-state index in [0.29, 0.717) is 22.8 Å². The number of anilines is 1. The van der Waals surface area contributed by atoms with Crippen LogP contribution in [-0.4, -0.2) is 26.9 Å². The molecular formula is C14H20ClN3O3S. The predicted octanol–water partition coefficient (Wildman–Crippen LogP) is 1.77. The molecule has 1 amide bonds. The van der Waals surface area contributed by atoms with Gasteiger partial charge in [0.15, 0.2) is 0 Å². The van der Waals surface area contributed by atoms with E-state index < -0.39 is 27.2 Å². The predicted molar refractivity (Wildman–Crippen MR) is 87.2 cm³/mol. The summed E-state index contributed by atoms with van der Waals surface area (Å²) < 4.78 is 27.7. The van der Waals surface area contributed by atoms with Crippen molar-refractivity contribution >= 4 is 33.2 Å². The van der Waals surface area contributed by atoms with Crippen LogP contribution in [0, 0.1) is 0 Å². The minimum Gasteiger partial charge on any atom is -0.372 e. The summed E-state index contributed by atoms with van der Waals surface area (Å²) in [4.78, 5) is 11.6. The van der Waals surface area contributed by atoms with Crippen LogP contribution < -0.4 is 15.8 Å². The molecule has 1 heterocycles. The number of halogens is 1. The molecule has 0 aliphatic carbocycles. The van der Waals surface area contributed by atoms with Gasteiger partial charge in [-0.3, -0.25) is 4.79 Å². The Hall–Kier alpha value is -1.31. The Morgan fingerprint density at radius 2 is 2.14 bits per heavy atom. The van der Waals surface area contributed by atoms with Gasteiger partial charge in [0.25, 0.3) is 0 Å². The van der Waals surface area contributed by atoms with Crippen LogP contribution in [0.2, 0.25) is 5.02 Å². The molecule has 1 aliphatic rings. The number of nitrogens with one attached hydrogen (secondary N) is 2. The van der Waals surface area contributed by atoms with Gasteiger partial charge in [0.1, 0.15) is 11.3 Å². The number of unbranched alkanes of at least 4 members (excludes halogenated alkanes) is 2. The van der Waals surface area contributed by atoms with Crippen LogP contribution in [-0.2, 0) is 14.8 Å². The zero-order chi connectivity index (χ0) is 16.3.